The van der Waals surface area contributed by atoms with Gasteiger partial charge in [-0.2, -0.15) is 0 Å². The van der Waals surface area contributed by atoms with Crippen LogP contribution in [-0.4, -0.2) is 8.07 Å². The van der Waals surface area contributed by atoms with E-state index in [1.54, 1.807) is 0 Å². The molecule has 72 valence electrons. The molecule has 0 amide bonds. The third-order valence-electron chi connectivity index (χ3n) is 2.04. The fraction of sp³-hybridized carbons (Fsp3) is 0.231. The number of allylic oxidation sites excluding steroid dienone is 1. The summed E-state index contributed by atoms with van der Waals surface area (Å²) >= 11 is 0. The molecular weight excluding hydrogens is 184 g/mol. The van der Waals surface area contributed by atoms with Gasteiger partial charge in [0.05, 0.1) is 8.07 Å². The molecular formula is C13H16Si. The first kappa shape index (κ1) is 10.8. The van der Waals surface area contributed by atoms with Crippen molar-refractivity contribution in [2.45, 2.75) is 19.6 Å². The lowest BCUT2D eigenvalue weighted by Crippen LogP contribution is -2.21. The van der Waals surface area contributed by atoms with Gasteiger partial charge in [0.15, 0.2) is 0 Å². The maximum Gasteiger partial charge on any atom is 0.0876 e. The molecule has 0 nitrogen and oxygen atoms in total. The summed E-state index contributed by atoms with van der Waals surface area (Å²) in [5, 5.41) is 1.11. The summed E-state index contributed by atoms with van der Waals surface area (Å²) in [6.07, 6.45) is 0. The van der Waals surface area contributed by atoms with Crippen molar-refractivity contribution in [3.63, 3.8) is 0 Å². The molecule has 0 aliphatic carbocycles. The summed E-state index contributed by atoms with van der Waals surface area (Å²) in [5.74, 6) is 6.29. The minimum atomic E-state index is -1.28. The number of hydrogen-bond donors (Lipinski definition) is 0. The molecule has 0 saturated carbocycles. The van der Waals surface area contributed by atoms with Crippen LogP contribution in [-0.2, 0) is 0 Å². The molecule has 0 radical (unpaired) electrons. The van der Waals surface area contributed by atoms with Crippen LogP contribution in [0, 0.1) is 11.8 Å². The van der Waals surface area contributed by atoms with Gasteiger partial charge in [0.25, 0.3) is 0 Å². The highest BCUT2D eigenvalue weighted by Crippen LogP contribution is 2.10. The van der Waals surface area contributed by atoms with Crippen molar-refractivity contribution in [2.75, 3.05) is 0 Å². The second-order valence-electron chi connectivity index (χ2n) is 4.34. The summed E-state index contributed by atoms with van der Waals surface area (Å²) < 4.78 is 0. The maximum atomic E-state index is 4.03. The van der Waals surface area contributed by atoms with E-state index in [1.807, 2.05) is 30.3 Å². The van der Waals surface area contributed by atoms with Gasteiger partial charge in [-0.1, -0.05) is 56.3 Å². The Balaban J connectivity index is 2.80. The van der Waals surface area contributed by atoms with Crippen molar-refractivity contribution < 1.29 is 0 Å². The molecule has 1 rings (SSSR count). The van der Waals surface area contributed by atoms with Gasteiger partial charge in [-0.15, -0.1) is 0 Å². The molecule has 0 atom stereocenters. The Kier molecular flexibility index (Phi) is 3.32. The molecule has 1 heteroatoms. The van der Waals surface area contributed by atoms with E-state index < -0.39 is 8.07 Å². The first-order chi connectivity index (χ1) is 6.50. The molecule has 1 aromatic rings. The van der Waals surface area contributed by atoms with Crippen LogP contribution in [0.25, 0.3) is 0 Å². The quantitative estimate of drug-likeness (QED) is 0.481. The topological polar surface area (TPSA) is 0 Å². The summed E-state index contributed by atoms with van der Waals surface area (Å²) in [4.78, 5) is 0. The molecule has 0 unspecified atom stereocenters. The van der Waals surface area contributed by atoms with Crippen LogP contribution < -0.4 is 0 Å². The average Bonchev–Trinajstić information content (AvgIpc) is 2.14. The van der Waals surface area contributed by atoms with E-state index in [1.165, 1.54) is 0 Å². The average molecular weight is 200 g/mol. The molecule has 0 spiro atoms. The Morgan fingerprint density at radius 1 is 1.14 bits per heavy atom. The smallest absolute Gasteiger partial charge is 0.0876 e. The highest BCUT2D eigenvalue weighted by molar-refractivity contribution is 6.84. The first-order valence-corrected chi connectivity index (χ1v) is 8.26. The summed E-state index contributed by atoms with van der Waals surface area (Å²) in [7, 11) is -1.28. The van der Waals surface area contributed by atoms with Gasteiger partial charge in [-0.25, -0.2) is 0 Å². The van der Waals surface area contributed by atoms with Crippen LogP contribution in [0.5, 0.6) is 0 Å². The van der Waals surface area contributed by atoms with E-state index in [4.69, 9.17) is 0 Å². The largest absolute Gasteiger partial charge is 0.0916 e. The monoisotopic (exact) mass is 200 g/mol. The maximum absolute atomic E-state index is 4.03. The zero-order chi connectivity index (χ0) is 10.6. The van der Waals surface area contributed by atoms with Crippen molar-refractivity contribution in [3.05, 3.63) is 47.7 Å². The van der Waals surface area contributed by atoms with Gasteiger partial charge in [0.1, 0.15) is 0 Å². The molecule has 1 aromatic carbocycles. The Hall–Kier alpha value is -1.26. The van der Waals surface area contributed by atoms with Gasteiger partial charge < -0.3 is 0 Å². The van der Waals surface area contributed by atoms with Gasteiger partial charge in [0, 0.05) is 5.56 Å². The molecule has 0 fully saturated rings. The molecule has 0 aromatic heterocycles. The molecule has 14 heavy (non-hydrogen) atoms. The van der Waals surface area contributed by atoms with Crippen LogP contribution in [0.4, 0.5) is 0 Å². The zero-order valence-corrected chi connectivity index (χ0v) is 10.1. The fourth-order valence-electron chi connectivity index (χ4n) is 0.857. The SMILES string of the molecule is C=C(C#Cc1ccccc1)[Si](C)(C)C. The van der Waals surface area contributed by atoms with Gasteiger partial charge in [-0.3, -0.25) is 0 Å². The first-order valence-electron chi connectivity index (χ1n) is 4.76. The molecule has 0 aliphatic rings. The Bertz CT molecular complexity index is 371. The number of benzene rings is 1. The van der Waals surface area contributed by atoms with E-state index in [-0.39, 0.29) is 0 Å². The van der Waals surface area contributed by atoms with Crippen LogP contribution >= 0.6 is 0 Å². The third kappa shape index (κ3) is 3.24. The summed E-state index contributed by atoms with van der Waals surface area (Å²) in [5.41, 5.74) is 1.06. The zero-order valence-electron chi connectivity index (χ0n) is 9.09. The normalized spacial score (nSPS) is 10.2. The van der Waals surface area contributed by atoms with Crippen molar-refractivity contribution in [1.29, 1.82) is 0 Å². The van der Waals surface area contributed by atoms with Crippen molar-refractivity contribution in [2.24, 2.45) is 0 Å². The van der Waals surface area contributed by atoms with Crippen molar-refractivity contribution in [3.8, 4) is 11.8 Å². The van der Waals surface area contributed by atoms with E-state index >= 15 is 0 Å². The van der Waals surface area contributed by atoms with Crippen molar-refractivity contribution in [1.82, 2.24) is 0 Å². The minimum Gasteiger partial charge on any atom is -0.0916 e. The van der Waals surface area contributed by atoms with E-state index in [0.29, 0.717) is 0 Å². The minimum absolute atomic E-state index is 1.06. The molecule has 0 aliphatic heterocycles. The summed E-state index contributed by atoms with van der Waals surface area (Å²) in [6, 6.07) is 10.0. The molecule has 0 bridgehead atoms. The third-order valence-corrected chi connectivity index (χ3v) is 3.97. The summed E-state index contributed by atoms with van der Waals surface area (Å²) in [6.45, 7) is 10.8. The molecule has 0 heterocycles. The Labute approximate surface area is 87.7 Å². The van der Waals surface area contributed by atoms with E-state index in [9.17, 15) is 0 Å². The predicted octanol–water partition coefficient (Wildman–Crippen LogP) is 3.47. The number of hydrogen-bond acceptors (Lipinski definition) is 0. The van der Waals surface area contributed by atoms with Crippen molar-refractivity contribution >= 4 is 8.07 Å². The van der Waals surface area contributed by atoms with Crippen LogP contribution in [0.3, 0.4) is 0 Å². The van der Waals surface area contributed by atoms with E-state index in [2.05, 4.69) is 38.1 Å². The highest BCUT2D eigenvalue weighted by atomic mass is 28.3. The van der Waals surface area contributed by atoms with E-state index in [0.717, 1.165) is 10.8 Å². The van der Waals surface area contributed by atoms with Crippen LogP contribution in [0.15, 0.2) is 42.1 Å². The van der Waals surface area contributed by atoms with Gasteiger partial charge >= 0.3 is 0 Å². The predicted molar refractivity (Wildman–Crippen MR) is 65.8 cm³/mol. The van der Waals surface area contributed by atoms with Gasteiger partial charge in [0.2, 0.25) is 0 Å². The highest BCUT2D eigenvalue weighted by Gasteiger charge is 2.15. The lowest BCUT2D eigenvalue weighted by Gasteiger charge is -2.13. The second kappa shape index (κ2) is 4.30. The number of rotatable bonds is 1. The lowest BCUT2D eigenvalue weighted by molar-refractivity contribution is 1.64. The Morgan fingerprint density at radius 3 is 2.21 bits per heavy atom. The van der Waals surface area contributed by atoms with Crippen LogP contribution in [0.1, 0.15) is 5.56 Å². The standard InChI is InChI=1S/C13H16Si/c1-12(14(2,3)4)10-11-13-8-6-5-7-9-13/h5-9H,1H2,2-4H3. The van der Waals surface area contributed by atoms with Gasteiger partial charge in [-0.05, 0) is 17.3 Å². The Morgan fingerprint density at radius 2 is 1.71 bits per heavy atom. The second-order valence-corrected chi connectivity index (χ2v) is 9.45. The molecule has 0 saturated heterocycles. The fourth-order valence-corrected chi connectivity index (χ4v) is 1.29. The lowest BCUT2D eigenvalue weighted by atomic mass is 10.2. The van der Waals surface area contributed by atoms with Crippen LogP contribution in [0.2, 0.25) is 19.6 Å². The molecule has 0 N–H and O–H groups in total.